The molecule has 0 bridgehead atoms. The maximum absolute atomic E-state index is 13.5. The first kappa shape index (κ1) is 16.7. The summed E-state index contributed by atoms with van der Waals surface area (Å²) in [7, 11) is 0. The predicted molar refractivity (Wildman–Crippen MR) is 87.3 cm³/mol. The van der Waals surface area contributed by atoms with E-state index in [2.05, 4.69) is 5.32 Å². The predicted octanol–water partition coefficient (Wildman–Crippen LogP) is 2.89. The molecule has 0 heterocycles. The highest BCUT2D eigenvalue weighted by Crippen LogP contribution is 2.14. The zero-order valence-electron chi connectivity index (χ0n) is 13.0. The second kappa shape index (κ2) is 8.08. The van der Waals surface area contributed by atoms with E-state index >= 15 is 0 Å². The summed E-state index contributed by atoms with van der Waals surface area (Å²) in [6.07, 6.45) is -0.267. The molecule has 0 saturated carbocycles. The minimum atomic E-state index is -0.423. The Morgan fingerprint density at radius 1 is 1.04 bits per heavy atom. The van der Waals surface area contributed by atoms with Gasteiger partial charge in [-0.3, -0.25) is 9.59 Å². The Labute approximate surface area is 134 Å². The Bertz CT molecular complexity index is 674. The zero-order chi connectivity index (χ0) is 16.7. The lowest BCUT2D eigenvalue weighted by molar-refractivity contribution is -0.128. The third-order valence-corrected chi connectivity index (χ3v) is 3.43. The van der Waals surface area contributed by atoms with E-state index in [0.29, 0.717) is 12.1 Å². The maximum atomic E-state index is 13.5. The minimum absolute atomic E-state index is 0.0657. The van der Waals surface area contributed by atoms with Crippen molar-refractivity contribution in [2.24, 2.45) is 0 Å². The lowest BCUT2D eigenvalue weighted by atomic mass is 10.2. The number of carbonyl (C=O) groups excluding carboxylic acids is 2. The third kappa shape index (κ3) is 4.64. The average Bonchev–Trinajstić information content (AvgIpc) is 2.56. The second-order valence-corrected chi connectivity index (χ2v) is 5.02. The van der Waals surface area contributed by atoms with E-state index in [-0.39, 0.29) is 24.7 Å². The van der Waals surface area contributed by atoms with E-state index in [0.717, 1.165) is 5.69 Å². The first-order valence-electron chi connectivity index (χ1n) is 7.47. The second-order valence-electron chi connectivity index (χ2n) is 5.02. The molecule has 2 aromatic rings. The maximum Gasteiger partial charge on any atom is 0.236 e. The topological polar surface area (TPSA) is 49.4 Å². The highest BCUT2D eigenvalue weighted by Gasteiger charge is 2.17. The van der Waals surface area contributed by atoms with Crippen LogP contribution in [0.4, 0.5) is 10.1 Å². The van der Waals surface area contributed by atoms with Gasteiger partial charge in [0.15, 0.2) is 0 Å². The summed E-state index contributed by atoms with van der Waals surface area (Å²) in [5.41, 5.74) is 1.14. The minimum Gasteiger partial charge on any atom is -0.351 e. The summed E-state index contributed by atoms with van der Waals surface area (Å²) in [6, 6.07) is 15.4. The summed E-state index contributed by atoms with van der Waals surface area (Å²) in [5.74, 6) is -1.09. The van der Waals surface area contributed by atoms with Crippen LogP contribution in [-0.2, 0) is 16.1 Å². The van der Waals surface area contributed by atoms with Crippen LogP contribution in [-0.4, -0.2) is 18.4 Å². The molecule has 0 radical (unpaired) electrons. The molecular formula is C18H19FN2O2. The molecule has 0 aromatic heterocycles. The molecule has 2 amide bonds. The molecule has 120 valence electrons. The largest absolute Gasteiger partial charge is 0.351 e. The number of benzene rings is 2. The van der Waals surface area contributed by atoms with Gasteiger partial charge in [0.1, 0.15) is 12.2 Å². The van der Waals surface area contributed by atoms with Crippen molar-refractivity contribution >= 4 is 17.5 Å². The fraction of sp³-hybridized carbons (Fsp3) is 0.222. The van der Waals surface area contributed by atoms with Crippen molar-refractivity contribution in [3.8, 4) is 0 Å². The van der Waals surface area contributed by atoms with Crippen molar-refractivity contribution in [2.75, 3.05) is 11.4 Å². The molecule has 2 aromatic carbocycles. The Balaban J connectivity index is 1.91. The van der Waals surface area contributed by atoms with Crippen molar-refractivity contribution in [1.82, 2.24) is 5.32 Å². The molecule has 4 nitrogen and oxygen atoms in total. The van der Waals surface area contributed by atoms with Gasteiger partial charge in [-0.2, -0.15) is 0 Å². The average molecular weight is 314 g/mol. The number of hydrogen-bond acceptors (Lipinski definition) is 2. The van der Waals surface area contributed by atoms with Crippen LogP contribution in [0.1, 0.15) is 18.9 Å². The first-order valence-corrected chi connectivity index (χ1v) is 7.47. The van der Waals surface area contributed by atoms with Crippen LogP contribution in [0, 0.1) is 5.82 Å². The SMILES string of the molecule is CCN(C(=O)CC(=O)NCc1ccccc1F)c1ccccc1. The number of carbonyl (C=O) groups is 2. The number of hydrogen-bond donors (Lipinski definition) is 1. The number of para-hydroxylation sites is 1. The van der Waals surface area contributed by atoms with Gasteiger partial charge >= 0.3 is 0 Å². The summed E-state index contributed by atoms with van der Waals surface area (Å²) in [5, 5.41) is 2.57. The molecule has 0 spiro atoms. The normalized spacial score (nSPS) is 10.2. The van der Waals surface area contributed by atoms with Crippen molar-refractivity contribution in [3.05, 3.63) is 66.0 Å². The molecule has 2 rings (SSSR count). The number of halogens is 1. The number of amides is 2. The summed E-state index contributed by atoms with van der Waals surface area (Å²) >= 11 is 0. The fourth-order valence-electron chi connectivity index (χ4n) is 2.24. The highest BCUT2D eigenvalue weighted by molar-refractivity contribution is 6.04. The van der Waals surface area contributed by atoms with Crippen molar-refractivity contribution in [2.45, 2.75) is 19.9 Å². The van der Waals surface area contributed by atoms with Crippen LogP contribution in [0.2, 0.25) is 0 Å². The van der Waals surface area contributed by atoms with Crippen LogP contribution in [0.25, 0.3) is 0 Å². The number of nitrogens with one attached hydrogen (secondary N) is 1. The Morgan fingerprint density at radius 3 is 2.35 bits per heavy atom. The molecule has 0 aliphatic carbocycles. The van der Waals surface area contributed by atoms with Crippen LogP contribution in [0.3, 0.4) is 0 Å². The molecular weight excluding hydrogens is 295 g/mol. The van der Waals surface area contributed by atoms with E-state index in [1.807, 2.05) is 37.3 Å². The van der Waals surface area contributed by atoms with Gasteiger partial charge in [0.2, 0.25) is 11.8 Å². The van der Waals surface area contributed by atoms with Crippen LogP contribution in [0.15, 0.2) is 54.6 Å². The molecule has 0 unspecified atom stereocenters. The van der Waals surface area contributed by atoms with Gasteiger partial charge in [0.05, 0.1) is 0 Å². The summed E-state index contributed by atoms with van der Waals surface area (Å²) in [6.45, 7) is 2.39. The first-order chi connectivity index (χ1) is 11.1. The molecule has 0 saturated heterocycles. The molecule has 23 heavy (non-hydrogen) atoms. The van der Waals surface area contributed by atoms with E-state index in [4.69, 9.17) is 0 Å². The van der Waals surface area contributed by atoms with Gasteiger partial charge in [0.25, 0.3) is 0 Å². The van der Waals surface area contributed by atoms with E-state index in [1.54, 1.807) is 23.1 Å². The monoisotopic (exact) mass is 314 g/mol. The molecule has 1 N–H and O–H groups in total. The summed E-state index contributed by atoms with van der Waals surface area (Å²) < 4.78 is 13.5. The van der Waals surface area contributed by atoms with Gasteiger partial charge in [-0.25, -0.2) is 4.39 Å². The van der Waals surface area contributed by atoms with Crippen LogP contribution in [0.5, 0.6) is 0 Å². The van der Waals surface area contributed by atoms with Crippen LogP contribution >= 0.6 is 0 Å². The highest BCUT2D eigenvalue weighted by atomic mass is 19.1. The number of anilines is 1. The van der Waals surface area contributed by atoms with Gasteiger partial charge < -0.3 is 10.2 Å². The molecule has 5 heteroatoms. The van der Waals surface area contributed by atoms with E-state index in [1.165, 1.54) is 6.07 Å². The quantitative estimate of drug-likeness (QED) is 0.834. The molecule has 0 aliphatic rings. The van der Waals surface area contributed by atoms with Crippen molar-refractivity contribution < 1.29 is 14.0 Å². The van der Waals surface area contributed by atoms with E-state index < -0.39 is 5.91 Å². The van der Waals surface area contributed by atoms with Crippen molar-refractivity contribution in [3.63, 3.8) is 0 Å². The van der Waals surface area contributed by atoms with Gasteiger partial charge in [0, 0.05) is 24.3 Å². The van der Waals surface area contributed by atoms with Gasteiger partial charge in [-0.05, 0) is 25.1 Å². The zero-order valence-corrected chi connectivity index (χ0v) is 13.0. The van der Waals surface area contributed by atoms with Gasteiger partial charge in [-0.1, -0.05) is 36.4 Å². The smallest absolute Gasteiger partial charge is 0.236 e. The van der Waals surface area contributed by atoms with Crippen LogP contribution < -0.4 is 10.2 Å². The number of rotatable bonds is 6. The number of nitrogens with zero attached hydrogens (tertiary/aromatic N) is 1. The third-order valence-electron chi connectivity index (χ3n) is 3.43. The van der Waals surface area contributed by atoms with E-state index in [9.17, 15) is 14.0 Å². The van der Waals surface area contributed by atoms with Crippen molar-refractivity contribution in [1.29, 1.82) is 0 Å². The van der Waals surface area contributed by atoms with Gasteiger partial charge in [-0.15, -0.1) is 0 Å². The lowest BCUT2D eigenvalue weighted by Gasteiger charge is -2.20. The Kier molecular flexibility index (Phi) is 5.86. The standard InChI is InChI=1S/C18H19FN2O2/c1-2-21(15-9-4-3-5-10-15)18(23)12-17(22)20-13-14-8-6-7-11-16(14)19/h3-11H,2,12-13H2,1H3,(H,20,22). The molecule has 0 fully saturated rings. The molecule has 0 aliphatic heterocycles. The fourth-order valence-corrected chi connectivity index (χ4v) is 2.24. The Morgan fingerprint density at radius 2 is 1.70 bits per heavy atom. The molecule has 0 atom stereocenters. The Hall–Kier alpha value is -2.69. The lowest BCUT2D eigenvalue weighted by Crippen LogP contribution is -2.35. The summed E-state index contributed by atoms with van der Waals surface area (Å²) in [4.78, 5) is 25.7.